The van der Waals surface area contributed by atoms with Gasteiger partial charge in [0.05, 0.1) is 0 Å². The van der Waals surface area contributed by atoms with E-state index < -0.39 is 0 Å². The van der Waals surface area contributed by atoms with E-state index in [-0.39, 0.29) is 11.3 Å². The van der Waals surface area contributed by atoms with Crippen LogP contribution in [0.5, 0.6) is 0 Å². The summed E-state index contributed by atoms with van der Waals surface area (Å²) in [5.74, 6) is 0. The largest absolute Gasteiger partial charge is 0.423 e. The first kappa shape index (κ1) is 17.2. The summed E-state index contributed by atoms with van der Waals surface area (Å²) < 4.78 is 10.0. The van der Waals surface area contributed by atoms with Crippen LogP contribution >= 0.6 is 15.9 Å². The number of hydrogen-bond acceptors (Lipinski definition) is 4. The van der Waals surface area contributed by atoms with Gasteiger partial charge in [0.15, 0.2) is 0 Å². The van der Waals surface area contributed by atoms with Crippen molar-refractivity contribution < 1.29 is 8.83 Å². The molecule has 0 fully saturated rings. The predicted molar refractivity (Wildman–Crippen MR) is 102 cm³/mol. The van der Waals surface area contributed by atoms with E-state index in [1.807, 2.05) is 43.3 Å². The molecule has 0 aliphatic heterocycles. The maximum Gasteiger partial charge on any atom is 0.336 e. The van der Waals surface area contributed by atoms with Crippen LogP contribution in [0.3, 0.4) is 0 Å². The number of fused-ring (bicyclic) bond motifs is 2. The first-order chi connectivity index (χ1) is 12.0. The van der Waals surface area contributed by atoms with Crippen molar-refractivity contribution in [3.8, 4) is 0 Å². The molecular formula is C20H15BrO4. The van der Waals surface area contributed by atoms with E-state index >= 15 is 0 Å². The Morgan fingerprint density at radius 2 is 1.28 bits per heavy atom. The van der Waals surface area contributed by atoms with Crippen LogP contribution in [0.25, 0.3) is 21.9 Å². The lowest BCUT2D eigenvalue weighted by atomic mass is 10.2. The van der Waals surface area contributed by atoms with E-state index in [0.717, 1.165) is 27.2 Å². The number of halogens is 1. The van der Waals surface area contributed by atoms with Crippen LogP contribution in [0.4, 0.5) is 0 Å². The third-order valence-electron chi connectivity index (χ3n) is 3.62. The van der Waals surface area contributed by atoms with Gasteiger partial charge in [0.2, 0.25) is 0 Å². The second kappa shape index (κ2) is 7.49. The summed E-state index contributed by atoms with van der Waals surface area (Å²) >= 11 is 3.34. The van der Waals surface area contributed by atoms with Gasteiger partial charge in [-0.1, -0.05) is 40.2 Å². The van der Waals surface area contributed by atoms with Gasteiger partial charge in [0.1, 0.15) is 11.2 Å². The minimum atomic E-state index is -0.306. The topological polar surface area (TPSA) is 60.4 Å². The molecule has 2 aromatic heterocycles. The summed E-state index contributed by atoms with van der Waals surface area (Å²) in [5, 5.41) is 2.67. The minimum Gasteiger partial charge on any atom is -0.423 e. The average molecular weight is 399 g/mol. The van der Waals surface area contributed by atoms with E-state index in [2.05, 4.69) is 15.9 Å². The molecule has 4 nitrogen and oxygen atoms in total. The Kier molecular flexibility index (Phi) is 5.14. The van der Waals surface area contributed by atoms with Crippen LogP contribution in [0.2, 0.25) is 0 Å². The van der Waals surface area contributed by atoms with E-state index in [1.165, 1.54) is 12.1 Å². The predicted octanol–water partition coefficient (Wildman–Crippen LogP) is 4.79. The van der Waals surface area contributed by atoms with E-state index in [9.17, 15) is 9.59 Å². The molecule has 2 aromatic carbocycles. The normalized spacial score (nSPS) is 10.5. The van der Waals surface area contributed by atoms with Crippen LogP contribution in [-0.2, 0) is 5.33 Å². The lowest BCUT2D eigenvalue weighted by Gasteiger charge is -1.97. The first-order valence-corrected chi connectivity index (χ1v) is 8.76. The number of rotatable bonds is 1. The van der Waals surface area contributed by atoms with Crippen molar-refractivity contribution in [2.45, 2.75) is 12.3 Å². The van der Waals surface area contributed by atoms with Crippen molar-refractivity contribution in [1.82, 2.24) is 0 Å². The Bertz CT molecular complexity index is 1140. The van der Waals surface area contributed by atoms with Crippen LogP contribution in [0.1, 0.15) is 11.1 Å². The molecule has 0 N–H and O–H groups in total. The molecule has 0 aliphatic rings. The van der Waals surface area contributed by atoms with Crippen LogP contribution in [0, 0.1) is 6.92 Å². The van der Waals surface area contributed by atoms with Gasteiger partial charge in [-0.3, -0.25) is 0 Å². The highest BCUT2D eigenvalue weighted by Gasteiger charge is 1.98. The summed E-state index contributed by atoms with van der Waals surface area (Å²) in [4.78, 5) is 21.7. The molecule has 126 valence electrons. The Morgan fingerprint density at radius 1 is 0.760 bits per heavy atom. The molecule has 0 saturated carbocycles. The van der Waals surface area contributed by atoms with Crippen molar-refractivity contribution in [3.63, 3.8) is 0 Å². The summed E-state index contributed by atoms with van der Waals surface area (Å²) in [6, 6.07) is 18.0. The first-order valence-electron chi connectivity index (χ1n) is 7.64. The molecule has 0 amide bonds. The van der Waals surface area contributed by atoms with Crippen molar-refractivity contribution >= 4 is 37.9 Å². The molecule has 0 saturated heterocycles. The van der Waals surface area contributed by atoms with E-state index in [1.54, 1.807) is 12.1 Å². The number of aryl methyl sites for hydroxylation is 1. The molecule has 0 bridgehead atoms. The maximum atomic E-state index is 10.9. The molecule has 4 rings (SSSR count). The Labute approximate surface area is 151 Å². The summed E-state index contributed by atoms with van der Waals surface area (Å²) in [6.07, 6.45) is 0. The minimum absolute atomic E-state index is 0.298. The van der Waals surface area contributed by atoms with Crippen molar-refractivity contribution in [1.29, 1.82) is 0 Å². The van der Waals surface area contributed by atoms with Gasteiger partial charge in [-0.2, -0.15) is 0 Å². The SMILES string of the molecule is Cc1ccc2ccc(=O)oc2c1.O=c1ccc2ccc(CBr)cc2o1. The van der Waals surface area contributed by atoms with Crippen molar-refractivity contribution in [2.75, 3.05) is 0 Å². The Balaban J connectivity index is 0.000000146. The Hall–Kier alpha value is -2.66. The van der Waals surface area contributed by atoms with Gasteiger partial charge in [0.25, 0.3) is 0 Å². The highest BCUT2D eigenvalue weighted by atomic mass is 79.9. The molecule has 0 radical (unpaired) electrons. The summed E-state index contributed by atoms with van der Waals surface area (Å²) in [5.41, 5.74) is 2.89. The fraction of sp³-hybridized carbons (Fsp3) is 0.100. The van der Waals surface area contributed by atoms with Crippen molar-refractivity contribution in [2.24, 2.45) is 0 Å². The van der Waals surface area contributed by atoms with Gasteiger partial charge >= 0.3 is 11.3 Å². The third kappa shape index (κ3) is 4.25. The smallest absolute Gasteiger partial charge is 0.336 e. The fourth-order valence-corrected chi connectivity index (χ4v) is 2.70. The van der Waals surface area contributed by atoms with Crippen LogP contribution in [0.15, 0.2) is 79.1 Å². The molecule has 4 aromatic rings. The lowest BCUT2D eigenvalue weighted by Crippen LogP contribution is -1.94. The lowest BCUT2D eigenvalue weighted by molar-refractivity contribution is 0.560. The molecule has 0 spiro atoms. The number of alkyl halides is 1. The van der Waals surface area contributed by atoms with Gasteiger partial charge in [-0.15, -0.1) is 0 Å². The van der Waals surface area contributed by atoms with Gasteiger partial charge < -0.3 is 8.83 Å². The highest BCUT2D eigenvalue weighted by molar-refractivity contribution is 9.08. The van der Waals surface area contributed by atoms with Crippen molar-refractivity contribution in [3.05, 3.63) is 92.6 Å². The Morgan fingerprint density at radius 3 is 1.88 bits per heavy atom. The zero-order valence-electron chi connectivity index (χ0n) is 13.5. The zero-order valence-corrected chi connectivity index (χ0v) is 15.1. The molecule has 2 heterocycles. The van der Waals surface area contributed by atoms with E-state index in [0.29, 0.717) is 11.2 Å². The van der Waals surface area contributed by atoms with E-state index in [4.69, 9.17) is 8.83 Å². The second-order valence-corrected chi connectivity index (χ2v) is 6.12. The average Bonchev–Trinajstić information content (AvgIpc) is 2.61. The molecule has 0 atom stereocenters. The van der Waals surface area contributed by atoms with Gasteiger partial charge in [0, 0.05) is 28.2 Å². The molecule has 0 unspecified atom stereocenters. The standard InChI is InChI=1S/C10H7BrO2.C10H8O2/c11-6-7-1-2-8-3-4-10(12)13-9(8)5-7;1-7-2-3-8-4-5-10(11)12-9(8)6-7/h1-5H,6H2;2-6H,1H3. The zero-order chi connectivity index (χ0) is 17.8. The maximum absolute atomic E-state index is 10.9. The molecule has 25 heavy (non-hydrogen) atoms. The summed E-state index contributed by atoms with van der Waals surface area (Å²) in [6.45, 7) is 1.96. The fourth-order valence-electron chi connectivity index (χ4n) is 2.36. The monoisotopic (exact) mass is 398 g/mol. The van der Waals surface area contributed by atoms with Gasteiger partial charge in [-0.25, -0.2) is 9.59 Å². The molecule has 5 heteroatoms. The number of benzene rings is 2. The quantitative estimate of drug-likeness (QED) is 0.341. The highest BCUT2D eigenvalue weighted by Crippen LogP contribution is 2.15. The third-order valence-corrected chi connectivity index (χ3v) is 4.27. The molecular weight excluding hydrogens is 384 g/mol. The van der Waals surface area contributed by atoms with Crippen LogP contribution in [-0.4, -0.2) is 0 Å². The second-order valence-electron chi connectivity index (χ2n) is 5.56. The van der Waals surface area contributed by atoms with Gasteiger partial charge in [-0.05, 0) is 42.3 Å². The summed E-state index contributed by atoms with van der Waals surface area (Å²) in [7, 11) is 0. The molecule has 0 aliphatic carbocycles. The number of hydrogen-bond donors (Lipinski definition) is 0. The van der Waals surface area contributed by atoms with Crippen LogP contribution < -0.4 is 11.3 Å².